The van der Waals surface area contributed by atoms with E-state index in [9.17, 15) is 9.18 Å². The molecular formula is C16H13FO2. The Bertz CT molecular complexity index is 662. The third-order valence-electron chi connectivity index (χ3n) is 3.32. The first-order valence-corrected chi connectivity index (χ1v) is 6.22. The minimum atomic E-state index is -0.471. The molecule has 0 aromatic heterocycles. The van der Waals surface area contributed by atoms with Crippen LogP contribution < -0.4 is 4.74 Å². The van der Waals surface area contributed by atoms with Gasteiger partial charge in [-0.25, -0.2) is 4.39 Å². The minimum absolute atomic E-state index is 0.115. The van der Waals surface area contributed by atoms with Crippen molar-refractivity contribution in [3.8, 4) is 5.75 Å². The van der Waals surface area contributed by atoms with Gasteiger partial charge in [0.25, 0.3) is 0 Å². The number of ether oxygens (including phenoxy) is 1. The lowest BCUT2D eigenvalue weighted by molar-refractivity contribution is 0.103. The van der Waals surface area contributed by atoms with Crippen LogP contribution in [0, 0.1) is 12.7 Å². The van der Waals surface area contributed by atoms with Crippen molar-refractivity contribution in [3.05, 3.63) is 64.5 Å². The molecule has 0 spiro atoms. The fourth-order valence-electron chi connectivity index (χ4n) is 2.29. The van der Waals surface area contributed by atoms with Crippen LogP contribution in [0.5, 0.6) is 5.75 Å². The first-order chi connectivity index (χ1) is 9.15. The summed E-state index contributed by atoms with van der Waals surface area (Å²) in [6.45, 7) is 2.44. The van der Waals surface area contributed by atoms with Gasteiger partial charge in [0.05, 0.1) is 12.2 Å². The normalized spacial score (nSPS) is 12.9. The second-order valence-electron chi connectivity index (χ2n) is 4.73. The zero-order valence-corrected chi connectivity index (χ0v) is 10.6. The Labute approximate surface area is 110 Å². The molecule has 19 heavy (non-hydrogen) atoms. The van der Waals surface area contributed by atoms with Crippen LogP contribution in [0.15, 0.2) is 36.4 Å². The fraction of sp³-hybridized carbons (Fsp3) is 0.188. The van der Waals surface area contributed by atoms with E-state index in [1.54, 1.807) is 31.2 Å². The summed E-state index contributed by atoms with van der Waals surface area (Å²) >= 11 is 0. The van der Waals surface area contributed by atoms with Crippen LogP contribution in [0.4, 0.5) is 4.39 Å². The molecule has 0 unspecified atom stereocenters. The Hall–Kier alpha value is -2.16. The van der Waals surface area contributed by atoms with E-state index in [0.29, 0.717) is 12.2 Å². The van der Waals surface area contributed by atoms with E-state index in [-0.39, 0.29) is 11.3 Å². The smallest absolute Gasteiger partial charge is 0.195 e. The van der Waals surface area contributed by atoms with Gasteiger partial charge in [0.2, 0.25) is 0 Å². The molecule has 96 valence electrons. The monoisotopic (exact) mass is 256 g/mol. The lowest BCUT2D eigenvalue weighted by Crippen LogP contribution is -2.04. The number of hydrogen-bond acceptors (Lipinski definition) is 2. The molecule has 2 aromatic carbocycles. The number of carbonyl (C=O) groups is 1. The van der Waals surface area contributed by atoms with Crippen molar-refractivity contribution >= 4 is 5.78 Å². The maximum Gasteiger partial charge on any atom is 0.195 e. The van der Waals surface area contributed by atoms with Crippen LogP contribution in [0.1, 0.15) is 27.0 Å². The van der Waals surface area contributed by atoms with Gasteiger partial charge in [0.1, 0.15) is 11.6 Å². The summed E-state index contributed by atoms with van der Waals surface area (Å²) in [6, 6.07) is 9.92. The number of carbonyl (C=O) groups excluding carboxylic acids is 1. The van der Waals surface area contributed by atoms with Crippen molar-refractivity contribution in [3.63, 3.8) is 0 Å². The molecule has 0 radical (unpaired) electrons. The Kier molecular flexibility index (Phi) is 2.82. The highest BCUT2D eigenvalue weighted by atomic mass is 19.1. The summed E-state index contributed by atoms with van der Waals surface area (Å²) in [5.41, 5.74) is 2.44. The highest BCUT2D eigenvalue weighted by molar-refractivity contribution is 6.09. The number of ketones is 1. The number of fused-ring (bicyclic) bond motifs is 1. The van der Waals surface area contributed by atoms with Gasteiger partial charge in [0, 0.05) is 12.0 Å². The van der Waals surface area contributed by atoms with Crippen molar-refractivity contribution in [2.24, 2.45) is 0 Å². The molecule has 1 heterocycles. The molecule has 0 N–H and O–H groups in total. The molecule has 0 fully saturated rings. The molecule has 1 aliphatic heterocycles. The number of halogens is 1. The van der Waals surface area contributed by atoms with Crippen LogP contribution in [0.25, 0.3) is 0 Å². The molecule has 2 aromatic rings. The Morgan fingerprint density at radius 2 is 2.05 bits per heavy atom. The molecule has 3 rings (SSSR count). The van der Waals surface area contributed by atoms with E-state index in [2.05, 4.69) is 0 Å². The summed E-state index contributed by atoms with van der Waals surface area (Å²) in [5.74, 6) is 0.0647. The average Bonchev–Trinajstić information content (AvgIpc) is 2.85. The van der Waals surface area contributed by atoms with Gasteiger partial charge < -0.3 is 4.74 Å². The third-order valence-corrected chi connectivity index (χ3v) is 3.32. The van der Waals surface area contributed by atoms with Gasteiger partial charge in [-0.15, -0.1) is 0 Å². The van der Waals surface area contributed by atoms with Crippen molar-refractivity contribution in [2.45, 2.75) is 13.3 Å². The number of hydrogen-bond donors (Lipinski definition) is 0. The largest absolute Gasteiger partial charge is 0.493 e. The van der Waals surface area contributed by atoms with Crippen molar-refractivity contribution < 1.29 is 13.9 Å². The van der Waals surface area contributed by atoms with Crippen molar-refractivity contribution in [1.29, 1.82) is 0 Å². The highest BCUT2D eigenvalue weighted by Crippen LogP contribution is 2.27. The minimum Gasteiger partial charge on any atom is -0.493 e. The molecule has 0 saturated heterocycles. The van der Waals surface area contributed by atoms with E-state index in [1.165, 1.54) is 12.1 Å². The first kappa shape index (κ1) is 11.9. The molecule has 0 bridgehead atoms. The quantitative estimate of drug-likeness (QED) is 0.771. The molecular weight excluding hydrogens is 243 g/mol. The van der Waals surface area contributed by atoms with Gasteiger partial charge >= 0.3 is 0 Å². The molecule has 3 heteroatoms. The van der Waals surface area contributed by atoms with Crippen LogP contribution in [0.3, 0.4) is 0 Å². The van der Waals surface area contributed by atoms with E-state index in [1.807, 2.05) is 0 Å². The average molecular weight is 256 g/mol. The molecule has 0 saturated carbocycles. The van der Waals surface area contributed by atoms with E-state index >= 15 is 0 Å². The summed E-state index contributed by atoms with van der Waals surface area (Å²) < 4.78 is 19.2. The van der Waals surface area contributed by atoms with Gasteiger partial charge in [-0.1, -0.05) is 6.07 Å². The molecule has 0 aliphatic carbocycles. The molecule has 0 atom stereocenters. The molecule has 0 amide bonds. The standard InChI is InChI=1S/C16H13FO2/c1-10-2-4-13(14(17)8-10)16(18)12-3-5-15-11(9-12)6-7-19-15/h2-5,8-9H,6-7H2,1H3. The van der Waals surface area contributed by atoms with E-state index in [0.717, 1.165) is 23.3 Å². The van der Waals surface area contributed by atoms with Gasteiger partial charge in [0.15, 0.2) is 5.78 Å². The number of benzene rings is 2. The third kappa shape index (κ3) is 2.12. The topological polar surface area (TPSA) is 26.3 Å². The van der Waals surface area contributed by atoms with Crippen molar-refractivity contribution in [1.82, 2.24) is 0 Å². The predicted octanol–water partition coefficient (Wildman–Crippen LogP) is 3.30. The SMILES string of the molecule is Cc1ccc(C(=O)c2ccc3c(c2)CCO3)c(F)c1. The Balaban J connectivity index is 2.00. The van der Waals surface area contributed by atoms with Crippen molar-refractivity contribution in [2.75, 3.05) is 6.61 Å². The first-order valence-electron chi connectivity index (χ1n) is 6.22. The lowest BCUT2D eigenvalue weighted by Gasteiger charge is -2.05. The second kappa shape index (κ2) is 4.50. The second-order valence-corrected chi connectivity index (χ2v) is 4.73. The summed E-state index contributed by atoms with van der Waals surface area (Å²) in [7, 11) is 0. The van der Waals surface area contributed by atoms with E-state index < -0.39 is 5.82 Å². The Morgan fingerprint density at radius 1 is 1.21 bits per heavy atom. The van der Waals surface area contributed by atoms with Crippen LogP contribution in [-0.4, -0.2) is 12.4 Å². The lowest BCUT2D eigenvalue weighted by atomic mass is 9.99. The summed E-state index contributed by atoms with van der Waals surface area (Å²) in [5, 5.41) is 0. The Morgan fingerprint density at radius 3 is 2.84 bits per heavy atom. The predicted molar refractivity (Wildman–Crippen MR) is 70.2 cm³/mol. The zero-order valence-electron chi connectivity index (χ0n) is 10.6. The fourth-order valence-corrected chi connectivity index (χ4v) is 2.29. The number of aryl methyl sites for hydroxylation is 1. The maximum absolute atomic E-state index is 13.8. The molecule has 2 nitrogen and oxygen atoms in total. The number of rotatable bonds is 2. The van der Waals surface area contributed by atoms with Crippen LogP contribution >= 0.6 is 0 Å². The zero-order chi connectivity index (χ0) is 13.4. The maximum atomic E-state index is 13.8. The van der Waals surface area contributed by atoms with E-state index in [4.69, 9.17) is 4.74 Å². The highest BCUT2D eigenvalue weighted by Gasteiger charge is 2.18. The van der Waals surface area contributed by atoms with Crippen LogP contribution in [0.2, 0.25) is 0 Å². The summed E-state index contributed by atoms with van der Waals surface area (Å²) in [4.78, 5) is 12.3. The van der Waals surface area contributed by atoms with Gasteiger partial charge in [-0.3, -0.25) is 4.79 Å². The van der Waals surface area contributed by atoms with Gasteiger partial charge in [-0.05, 0) is 48.4 Å². The summed E-state index contributed by atoms with van der Waals surface area (Å²) in [6.07, 6.45) is 0.798. The van der Waals surface area contributed by atoms with Crippen LogP contribution in [-0.2, 0) is 6.42 Å². The van der Waals surface area contributed by atoms with Gasteiger partial charge in [-0.2, -0.15) is 0 Å². The molecule has 1 aliphatic rings.